The van der Waals surface area contributed by atoms with Gasteiger partial charge in [0.2, 0.25) is 0 Å². The maximum absolute atomic E-state index is 5.97. The lowest BCUT2D eigenvalue weighted by Gasteiger charge is -2.17. The van der Waals surface area contributed by atoms with Gasteiger partial charge in [0.25, 0.3) is 0 Å². The van der Waals surface area contributed by atoms with E-state index in [0.29, 0.717) is 12.1 Å². The zero-order valence-electron chi connectivity index (χ0n) is 11.6. The van der Waals surface area contributed by atoms with E-state index in [0.717, 1.165) is 19.4 Å². The summed E-state index contributed by atoms with van der Waals surface area (Å²) in [4.78, 5) is 2.55. The van der Waals surface area contributed by atoms with Crippen molar-refractivity contribution in [1.29, 1.82) is 0 Å². The van der Waals surface area contributed by atoms with E-state index in [1.807, 2.05) is 0 Å². The molecule has 0 aromatic heterocycles. The lowest BCUT2D eigenvalue weighted by molar-refractivity contribution is 0.331. The summed E-state index contributed by atoms with van der Waals surface area (Å²) in [5.74, 6) is 0. The SMILES string of the molecule is NC1CCC(Nc2cccc(CN3CCCC3)c2)C1. The fourth-order valence-corrected chi connectivity index (χ4v) is 3.34. The van der Waals surface area contributed by atoms with Crippen molar-refractivity contribution in [2.45, 2.75) is 50.7 Å². The number of nitrogens with one attached hydrogen (secondary N) is 1. The summed E-state index contributed by atoms with van der Waals surface area (Å²) in [5, 5.41) is 3.64. The Labute approximate surface area is 116 Å². The first kappa shape index (κ1) is 12.9. The molecule has 104 valence electrons. The van der Waals surface area contributed by atoms with Crippen molar-refractivity contribution in [2.24, 2.45) is 5.73 Å². The number of benzene rings is 1. The Bertz CT molecular complexity index is 412. The molecule has 1 aromatic carbocycles. The molecule has 0 bridgehead atoms. The molecule has 2 fully saturated rings. The van der Waals surface area contributed by atoms with Gasteiger partial charge in [-0.2, -0.15) is 0 Å². The number of nitrogens with zero attached hydrogens (tertiary/aromatic N) is 1. The van der Waals surface area contributed by atoms with Crippen molar-refractivity contribution >= 4 is 5.69 Å². The molecule has 1 saturated heterocycles. The van der Waals surface area contributed by atoms with Crippen LogP contribution in [-0.2, 0) is 6.54 Å². The van der Waals surface area contributed by atoms with Crippen LogP contribution in [0.3, 0.4) is 0 Å². The Hall–Kier alpha value is -1.06. The van der Waals surface area contributed by atoms with E-state index < -0.39 is 0 Å². The molecule has 3 nitrogen and oxygen atoms in total. The number of anilines is 1. The molecule has 2 atom stereocenters. The Kier molecular flexibility index (Phi) is 4.04. The zero-order chi connectivity index (χ0) is 13.1. The van der Waals surface area contributed by atoms with Gasteiger partial charge in [-0.1, -0.05) is 12.1 Å². The fraction of sp³-hybridized carbons (Fsp3) is 0.625. The normalized spacial score (nSPS) is 27.8. The van der Waals surface area contributed by atoms with Gasteiger partial charge in [0.05, 0.1) is 0 Å². The highest BCUT2D eigenvalue weighted by Gasteiger charge is 2.21. The smallest absolute Gasteiger partial charge is 0.0345 e. The van der Waals surface area contributed by atoms with Crippen LogP contribution >= 0.6 is 0 Å². The van der Waals surface area contributed by atoms with Crippen LogP contribution < -0.4 is 11.1 Å². The molecule has 0 amide bonds. The Balaban J connectivity index is 1.59. The van der Waals surface area contributed by atoms with Crippen LogP contribution in [0.2, 0.25) is 0 Å². The number of likely N-dealkylation sites (tertiary alicyclic amines) is 1. The first-order valence-corrected chi connectivity index (χ1v) is 7.63. The molecule has 0 spiro atoms. The Morgan fingerprint density at radius 3 is 2.79 bits per heavy atom. The van der Waals surface area contributed by atoms with Crippen molar-refractivity contribution in [3.05, 3.63) is 29.8 Å². The third kappa shape index (κ3) is 3.48. The molecule has 1 aliphatic heterocycles. The van der Waals surface area contributed by atoms with Gasteiger partial charge in [0.15, 0.2) is 0 Å². The third-order valence-electron chi connectivity index (χ3n) is 4.38. The van der Waals surface area contributed by atoms with Gasteiger partial charge in [0.1, 0.15) is 0 Å². The Morgan fingerprint density at radius 1 is 1.21 bits per heavy atom. The van der Waals surface area contributed by atoms with E-state index in [9.17, 15) is 0 Å². The summed E-state index contributed by atoms with van der Waals surface area (Å²) >= 11 is 0. The van der Waals surface area contributed by atoms with Gasteiger partial charge in [-0.25, -0.2) is 0 Å². The molecule has 3 heteroatoms. The van der Waals surface area contributed by atoms with Crippen LogP contribution in [0.4, 0.5) is 5.69 Å². The predicted octanol–water partition coefficient (Wildman–Crippen LogP) is 2.57. The lowest BCUT2D eigenvalue weighted by Crippen LogP contribution is -2.21. The van der Waals surface area contributed by atoms with Crippen molar-refractivity contribution < 1.29 is 0 Å². The largest absolute Gasteiger partial charge is 0.382 e. The summed E-state index contributed by atoms with van der Waals surface area (Å²) < 4.78 is 0. The van der Waals surface area contributed by atoms with E-state index in [4.69, 9.17) is 5.73 Å². The number of hydrogen-bond acceptors (Lipinski definition) is 3. The molecular formula is C16H25N3. The molecule has 2 unspecified atom stereocenters. The average Bonchev–Trinajstić information content (AvgIpc) is 3.02. The number of nitrogens with two attached hydrogens (primary N) is 1. The minimum absolute atomic E-state index is 0.394. The molecule has 2 aliphatic rings. The zero-order valence-corrected chi connectivity index (χ0v) is 11.6. The summed E-state index contributed by atoms with van der Waals surface area (Å²) in [7, 11) is 0. The molecule has 1 saturated carbocycles. The molecule has 1 aliphatic carbocycles. The summed E-state index contributed by atoms with van der Waals surface area (Å²) in [6.45, 7) is 3.62. The number of hydrogen-bond donors (Lipinski definition) is 2. The highest BCUT2D eigenvalue weighted by Crippen LogP contribution is 2.23. The van der Waals surface area contributed by atoms with Crippen LogP contribution in [-0.4, -0.2) is 30.1 Å². The van der Waals surface area contributed by atoms with Crippen molar-refractivity contribution in [1.82, 2.24) is 4.90 Å². The van der Waals surface area contributed by atoms with E-state index in [1.54, 1.807) is 0 Å². The third-order valence-corrected chi connectivity index (χ3v) is 4.38. The van der Waals surface area contributed by atoms with Crippen molar-refractivity contribution in [2.75, 3.05) is 18.4 Å². The topological polar surface area (TPSA) is 41.3 Å². The van der Waals surface area contributed by atoms with Gasteiger partial charge in [-0.15, -0.1) is 0 Å². The van der Waals surface area contributed by atoms with Crippen LogP contribution in [0.25, 0.3) is 0 Å². The van der Waals surface area contributed by atoms with Gasteiger partial charge >= 0.3 is 0 Å². The second-order valence-electron chi connectivity index (χ2n) is 6.10. The molecule has 0 radical (unpaired) electrons. The molecule has 1 heterocycles. The molecule has 3 N–H and O–H groups in total. The highest BCUT2D eigenvalue weighted by molar-refractivity contribution is 5.46. The predicted molar refractivity (Wildman–Crippen MR) is 80.2 cm³/mol. The van der Waals surface area contributed by atoms with Gasteiger partial charge in [-0.3, -0.25) is 4.90 Å². The van der Waals surface area contributed by atoms with E-state index in [2.05, 4.69) is 34.5 Å². The van der Waals surface area contributed by atoms with Crippen LogP contribution in [0.15, 0.2) is 24.3 Å². The maximum atomic E-state index is 5.97. The van der Waals surface area contributed by atoms with E-state index >= 15 is 0 Å². The average molecular weight is 259 g/mol. The van der Waals surface area contributed by atoms with Crippen LogP contribution in [0, 0.1) is 0 Å². The minimum atomic E-state index is 0.394. The second kappa shape index (κ2) is 5.93. The number of rotatable bonds is 4. The quantitative estimate of drug-likeness (QED) is 0.873. The summed E-state index contributed by atoms with van der Waals surface area (Å²) in [5.41, 5.74) is 8.66. The van der Waals surface area contributed by atoms with Gasteiger partial charge in [0, 0.05) is 24.3 Å². The molecule has 19 heavy (non-hydrogen) atoms. The van der Waals surface area contributed by atoms with E-state index in [1.165, 1.54) is 43.6 Å². The second-order valence-corrected chi connectivity index (χ2v) is 6.10. The first-order valence-electron chi connectivity index (χ1n) is 7.63. The van der Waals surface area contributed by atoms with E-state index in [-0.39, 0.29) is 0 Å². The minimum Gasteiger partial charge on any atom is -0.382 e. The summed E-state index contributed by atoms with van der Waals surface area (Å²) in [6, 6.07) is 9.86. The van der Waals surface area contributed by atoms with Gasteiger partial charge < -0.3 is 11.1 Å². The molecule has 3 rings (SSSR count). The van der Waals surface area contributed by atoms with Crippen molar-refractivity contribution in [3.63, 3.8) is 0 Å². The summed E-state index contributed by atoms with van der Waals surface area (Å²) in [6.07, 6.45) is 6.19. The van der Waals surface area contributed by atoms with Crippen LogP contribution in [0.1, 0.15) is 37.7 Å². The van der Waals surface area contributed by atoms with Crippen LogP contribution in [0.5, 0.6) is 0 Å². The first-order chi connectivity index (χ1) is 9.29. The van der Waals surface area contributed by atoms with Crippen molar-refractivity contribution in [3.8, 4) is 0 Å². The Morgan fingerprint density at radius 2 is 2.05 bits per heavy atom. The fourth-order valence-electron chi connectivity index (χ4n) is 3.34. The standard InChI is InChI=1S/C16H25N3/c17-14-6-7-16(11-14)18-15-5-3-4-13(10-15)12-19-8-1-2-9-19/h3-5,10,14,16,18H,1-2,6-9,11-12,17H2. The molecule has 1 aromatic rings. The monoisotopic (exact) mass is 259 g/mol. The highest BCUT2D eigenvalue weighted by atomic mass is 15.1. The lowest BCUT2D eigenvalue weighted by atomic mass is 10.1. The maximum Gasteiger partial charge on any atom is 0.0345 e. The van der Waals surface area contributed by atoms with Gasteiger partial charge in [-0.05, 0) is 62.9 Å². The molecular weight excluding hydrogens is 234 g/mol.